The van der Waals surface area contributed by atoms with E-state index >= 15 is 0 Å². The van der Waals surface area contributed by atoms with E-state index in [1.54, 1.807) is 22.9 Å². The number of carbonyl (C=O) groups is 2. The number of aromatic nitrogens is 1. The van der Waals surface area contributed by atoms with E-state index in [9.17, 15) is 9.59 Å². The Bertz CT molecular complexity index is 1500. The Balaban J connectivity index is 1.59. The van der Waals surface area contributed by atoms with Crippen molar-refractivity contribution in [3.05, 3.63) is 71.9 Å². The fourth-order valence-electron chi connectivity index (χ4n) is 6.68. The number of fused-ring (bicyclic) bond motifs is 2. The lowest BCUT2D eigenvalue weighted by atomic mass is 9.87. The fourth-order valence-corrected chi connectivity index (χ4v) is 6.68. The summed E-state index contributed by atoms with van der Waals surface area (Å²) in [5, 5.41) is 0.885. The van der Waals surface area contributed by atoms with Gasteiger partial charge in [0.25, 0.3) is 0 Å². The Labute approximate surface area is 244 Å². The first kappa shape index (κ1) is 28.6. The highest BCUT2D eigenvalue weighted by molar-refractivity contribution is 6.10. The van der Waals surface area contributed by atoms with E-state index in [1.807, 2.05) is 18.2 Å². The summed E-state index contributed by atoms with van der Waals surface area (Å²) >= 11 is 0. The standard InChI is InChI=1S/C36H41N3O2/c1-5-27-24-37-33-19-17-30(28-14-10-8-7-9-12-25(3)13-11-15-28)22-32(33)36(27)39(26(4)40)31-18-16-29-20-21-38(34(29)23-31)35(41)6-2/h1,6,16-19,22-25,28H,2,7-15,20-21H2,3-4H3. The van der Waals surface area contributed by atoms with Crippen LogP contribution in [-0.2, 0) is 16.0 Å². The molecule has 1 aliphatic carbocycles. The lowest BCUT2D eigenvalue weighted by Crippen LogP contribution is -2.27. The van der Waals surface area contributed by atoms with Crippen molar-refractivity contribution >= 4 is 39.8 Å². The quantitative estimate of drug-likeness (QED) is 0.244. The third-order valence-electron chi connectivity index (χ3n) is 8.94. The van der Waals surface area contributed by atoms with Crippen molar-refractivity contribution in [3.63, 3.8) is 0 Å². The van der Waals surface area contributed by atoms with Crippen molar-refractivity contribution in [1.29, 1.82) is 0 Å². The Morgan fingerprint density at radius 2 is 1.80 bits per heavy atom. The number of amides is 2. The summed E-state index contributed by atoms with van der Waals surface area (Å²) in [6.45, 7) is 8.21. The lowest BCUT2D eigenvalue weighted by molar-refractivity contribution is -0.116. The molecule has 0 saturated heterocycles. The van der Waals surface area contributed by atoms with Gasteiger partial charge >= 0.3 is 0 Å². The van der Waals surface area contributed by atoms with Crippen LogP contribution in [0.25, 0.3) is 10.9 Å². The molecule has 5 nitrogen and oxygen atoms in total. The van der Waals surface area contributed by atoms with Gasteiger partial charge in [-0.15, -0.1) is 6.42 Å². The van der Waals surface area contributed by atoms with E-state index in [2.05, 4.69) is 42.6 Å². The van der Waals surface area contributed by atoms with Crippen LogP contribution in [0.1, 0.15) is 94.2 Å². The van der Waals surface area contributed by atoms with Crippen LogP contribution in [0.4, 0.5) is 17.1 Å². The zero-order valence-corrected chi connectivity index (χ0v) is 24.5. The molecule has 0 N–H and O–H groups in total. The average molecular weight is 548 g/mol. The van der Waals surface area contributed by atoms with Crippen LogP contribution in [0.3, 0.4) is 0 Å². The molecule has 5 rings (SSSR count). The Kier molecular flexibility index (Phi) is 8.88. The first-order valence-corrected chi connectivity index (χ1v) is 15.2. The number of pyridine rings is 1. The maximum atomic E-state index is 13.4. The number of nitrogens with zero attached hydrogens (tertiary/aromatic N) is 3. The van der Waals surface area contributed by atoms with Crippen molar-refractivity contribution in [2.24, 2.45) is 5.92 Å². The first-order chi connectivity index (χ1) is 19.9. The van der Waals surface area contributed by atoms with Gasteiger partial charge in [0.05, 0.1) is 22.5 Å². The van der Waals surface area contributed by atoms with E-state index < -0.39 is 0 Å². The topological polar surface area (TPSA) is 53.5 Å². The van der Waals surface area contributed by atoms with Gasteiger partial charge < -0.3 is 4.90 Å². The molecule has 2 atom stereocenters. The SMILES string of the molecule is C#Cc1cnc2ccc(C3CCCCCCC(C)CCC3)cc2c1N(C(C)=O)c1ccc2c(c1)N(C(=O)C=C)CC2. The van der Waals surface area contributed by atoms with Crippen molar-refractivity contribution in [1.82, 2.24) is 4.98 Å². The molecule has 2 aliphatic rings. The molecule has 3 aromatic rings. The Hall–Kier alpha value is -3.91. The highest BCUT2D eigenvalue weighted by Gasteiger charge is 2.27. The number of benzene rings is 2. The molecule has 2 aromatic carbocycles. The normalized spacial score (nSPS) is 19.6. The van der Waals surface area contributed by atoms with Crippen molar-refractivity contribution < 1.29 is 9.59 Å². The van der Waals surface area contributed by atoms with Gasteiger partial charge in [-0.2, -0.15) is 0 Å². The monoisotopic (exact) mass is 547 g/mol. The molecule has 1 fully saturated rings. The first-order valence-electron chi connectivity index (χ1n) is 15.2. The number of hydrogen-bond donors (Lipinski definition) is 0. The van der Waals surface area contributed by atoms with Crippen molar-refractivity contribution in [2.75, 3.05) is 16.3 Å². The zero-order chi connectivity index (χ0) is 28.9. The van der Waals surface area contributed by atoms with Gasteiger partial charge in [-0.05, 0) is 72.6 Å². The number of terminal acetylenes is 1. The highest BCUT2D eigenvalue weighted by Crippen LogP contribution is 2.40. The van der Waals surface area contributed by atoms with E-state index in [0.717, 1.165) is 34.5 Å². The van der Waals surface area contributed by atoms with Crippen LogP contribution in [0.15, 0.2) is 55.3 Å². The largest absolute Gasteiger partial charge is 0.308 e. The van der Waals surface area contributed by atoms with E-state index in [-0.39, 0.29) is 11.8 Å². The van der Waals surface area contributed by atoms with Gasteiger partial charge in [0.15, 0.2) is 0 Å². The number of hydrogen-bond acceptors (Lipinski definition) is 3. The molecule has 2 unspecified atom stereocenters. The molecule has 5 heteroatoms. The van der Waals surface area contributed by atoms with Crippen LogP contribution in [-0.4, -0.2) is 23.3 Å². The van der Waals surface area contributed by atoms with Crippen LogP contribution in [0, 0.1) is 18.3 Å². The van der Waals surface area contributed by atoms with Crippen molar-refractivity contribution in [3.8, 4) is 12.3 Å². The molecule has 41 heavy (non-hydrogen) atoms. The van der Waals surface area contributed by atoms with Gasteiger partial charge in [-0.3, -0.25) is 19.5 Å². The summed E-state index contributed by atoms with van der Waals surface area (Å²) in [4.78, 5) is 34.0. The molecule has 212 valence electrons. The smallest absolute Gasteiger partial charge is 0.250 e. The highest BCUT2D eigenvalue weighted by atomic mass is 16.2. The fraction of sp³-hybridized carbons (Fsp3) is 0.417. The molecular formula is C36H41N3O2. The third-order valence-corrected chi connectivity index (χ3v) is 8.94. The Morgan fingerprint density at radius 3 is 2.56 bits per heavy atom. The Morgan fingerprint density at radius 1 is 1.05 bits per heavy atom. The van der Waals surface area contributed by atoms with Gasteiger partial charge in [-0.1, -0.05) is 76.5 Å². The van der Waals surface area contributed by atoms with Crippen LogP contribution >= 0.6 is 0 Å². The average Bonchev–Trinajstić information content (AvgIpc) is 3.38. The summed E-state index contributed by atoms with van der Waals surface area (Å²) in [6, 6.07) is 12.4. The second-order valence-corrected chi connectivity index (χ2v) is 11.8. The molecule has 1 aromatic heterocycles. The summed E-state index contributed by atoms with van der Waals surface area (Å²) in [5.74, 6) is 3.75. The molecule has 2 heterocycles. The summed E-state index contributed by atoms with van der Waals surface area (Å²) in [7, 11) is 0. The predicted octanol–water partition coefficient (Wildman–Crippen LogP) is 8.22. The summed E-state index contributed by atoms with van der Waals surface area (Å²) in [6.07, 6.45) is 21.2. The third kappa shape index (κ3) is 6.07. The molecule has 0 bridgehead atoms. The van der Waals surface area contributed by atoms with Crippen LogP contribution in [0.5, 0.6) is 0 Å². The molecule has 1 saturated carbocycles. The molecule has 0 spiro atoms. The van der Waals surface area contributed by atoms with E-state index in [4.69, 9.17) is 6.42 Å². The van der Waals surface area contributed by atoms with E-state index in [1.165, 1.54) is 69.4 Å². The van der Waals surface area contributed by atoms with E-state index in [0.29, 0.717) is 29.4 Å². The predicted molar refractivity (Wildman–Crippen MR) is 169 cm³/mol. The number of rotatable bonds is 4. The molecule has 2 amide bonds. The van der Waals surface area contributed by atoms with Gasteiger partial charge in [0, 0.05) is 30.7 Å². The van der Waals surface area contributed by atoms with Crippen molar-refractivity contribution in [2.45, 2.75) is 84.0 Å². The number of carbonyl (C=O) groups excluding carboxylic acids is 2. The van der Waals surface area contributed by atoms with Gasteiger partial charge in [0.1, 0.15) is 0 Å². The van der Waals surface area contributed by atoms with Crippen LogP contribution in [0.2, 0.25) is 0 Å². The zero-order valence-electron chi connectivity index (χ0n) is 24.5. The minimum Gasteiger partial charge on any atom is -0.308 e. The van der Waals surface area contributed by atoms with Gasteiger partial charge in [-0.25, -0.2) is 0 Å². The minimum absolute atomic E-state index is 0.144. The number of anilines is 3. The molecular weight excluding hydrogens is 506 g/mol. The maximum Gasteiger partial charge on any atom is 0.250 e. The second kappa shape index (κ2) is 12.7. The lowest BCUT2D eigenvalue weighted by Gasteiger charge is -2.26. The van der Waals surface area contributed by atoms with Gasteiger partial charge in [0.2, 0.25) is 11.8 Å². The molecule has 0 radical (unpaired) electrons. The maximum absolute atomic E-state index is 13.4. The second-order valence-electron chi connectivity index (χ2n) is 11.8. The summed E-state index contributed by atoms with van der Waals surface area (Å²) < 4.78 is 0. The van der Waals surface area contributed by atoms with Crippen LogP contribution < -0.4 is 9.80 Å². The minimum atomic E-state index is -0.150. The summed E-state index contributed by atoms with van der Waals surface area (Å²) in [5.41, 5.74) is 5.92. The molecule has 1 aliphatic heterocycles.